The highest BCUT2D eigenvalue weighted by Gasteiger charge is 2.15. The zero-order valence-electron chi connectivity index (χ0n) is 17.2. The van der Waals surface area contributed by atoms with E-state index in [-0.39, 0.29) is 19.0 Å². The second-order valence-corrected chi connectivity index (χ2v) is 6.87. The molecule has 0 radical (unpaired) electrons. The summed E-state index contributed by atoms with van der Waals surface area (Å²) in [4.78, 5) is 4.69. The van der Waals surface area contributed by atoms with Crippen molar-refractivity contribution < 1.29 is 19.3 Å². The summed E-state index contributed by atoms with van der Waals surface area (Å²) in [7, 11) is 1.62. The number of aliphatic hydroxyl groups is 1. The third kappa shape index (κ3) is 5.69. The van der Waals surface area contributed by atoms with E-state index >= 15 is 0 Å². The highest BCUT2D eigenvalue weighted by Crippen LogP contribution is 2.20. The predicted molar refractivity (Wildman–Crippen MR) is 122 cm³/mol. The maximum Gasteiger partial charge on any atom is 0.148 e. The molecule has 1 heterocycles. The van der Waals surface area contributed by atoms with Crippen molar-refractivity contribution in [2.45, 2.75) is 19.3 Å². The summed E-state index contributed by atoms with van der Waals surface area (Å²) in [5.41, 5.74) is 1.82. The molecule has 6 nitrogen and oxygen atoms in total. The third-order valence-corrected chi connectivity index (χ3v) is 4.74. The maximum atomic E-state index is 10.6. The molecular weight excluding hydrogens is 416 g/mol. The molecule has 162 valence electrons. The van der Waals surface area contributed by atoms with E-state index in [1.807, 2.05) is 83.4 Å². The van der Waals surface area contributed by atoms with Crippen LogP contribution in [0, 0.1) is 0 Å². The quantitative estimate of drug-likeness (QED) is 0.415. The molecule has 0 amide bonds. The first-order valence-corrected chi connectivity index (χ1v) is 9.80. The van der Waals surface area contributed by atoms with Gasteiger partial charge in [-0.1, -0.05) is 30.3 Å². The Kier molecular flexibility index (Phi) is 7.76. The van der Waals surface area contributed by atoms with Gasteiger partial charge in [0.25, 0.3) is 0 Å². The average Bonchev–Trinajstić information content (AvgIpc) is 3.14. The second-order valence-electron chi connectivity index (χ2n) is 6.87. The third-order valence-electron chi connectivity index (χ3n) is 4.74. The predicted octanol–water partition coefficient (Wildman–Crippen LogP) is 4.49. The van der Waals surface area contributed by atoms with E-state index in [9.17, 15) is 5.11 Å². The van der Waals surface area contributed by atoms with Gasteiger partial charge in [-0.25, -0.2) is 4.98 Å². The van der Waals surface area contributed by atoms with Crippen molar-refractivity contribution >= 4 is 23.4 Å². The summed E-state index contributed by atoms with van der Waals surface area (Å²) in [5, 5.41) is 10.6. The SMILES string of the molecule is COc1ccc(OCC(O)Cn2c(COc3ccccc3)nc3ccccc32)cc1.Cl. The van der Waals surface area contributed by atoms with Gasteiger partial charge in [-0.3, -0.25) is 0 Å². The minimum absolute atomic E-state index is 0. The van der Waals surface area contributed by atoms with Crippen LogP contribution in [0.2, 0.25) is 0 Å². The number of hydrogen-bond acceptors (Lipinski definition) is 5. The van der Waals surface area contributed by atoms with E-state index < -0.39 is 6.10 Å². The monoisotopic (exact) mass is 440 g/mol. The van der Waals surface area contributed by atoms with E-state index in [0.717, 1.165) is 28.4 Å². The van der Waals surface area contributed by atoms with Gasteiger partial charge in [0.1, 0.15) is 42.4 Å². The zero-order chi connectivity index (χ0) is 20.8. The molecule has 7 heteroatoms. The number of benzene rings is 3. The fourth-order valence-electron chi connectivity index (χ4n) is 3.23. The van der Waals surface area contributed by atoms with Gasteiger partial charge in [0, 0.05) is 0 Å². The smallest absolute Gasteiger partial charge is 0.148 e. The number of imidazole rings is 1. The first-order chi connectivity index (χ1) is 14.7. The Labute approximate surface area is 187 Å². The molecule has 4 aromatic rings. The highest BCUT2D eigenvalue weighted by atomic mass is 35.5. The van der Waals surface area contributed by atoms with Crippen molar-refractivity contribution in [3.63, 3.8) is 0 Å². The number of aromatic nitrogens is 2. The number of nitrogens with zero attached hydrogens (tertiary/aromatic N) is 2. The summed E-state index contributed by atoms with van der Waals surface area (Å²) < 4.78 is 18.7. The Morgan fingerprint density at radius 3 is 2.23 bits per heavy atom. The summed E-state index contributed by atoms with van der Waals surface area (Å²) >= 11 is 0. The van der Waals surface area contributed by atoms with E-state index in [0.29, 0.717) is 18.9 Å². The van der Waals surface area contributed by atoms with Crippen LogP contribution in [-0.4, -0.2) is 34.5 Å². The molecule has 0 aliphatic heterocycles. The van der Waals surface area contributed by atoms with E-state index in [2.05, 4.69) is 0 Å². The van der Waals surface area contributed by atoms with Crippen LogP contribution in [0.5, 0.6) is 17.2 Å². The molecule has 4 rings (SSSR count). The van der Waals surface area contributed by atoms with Gasteiger partial charge >= 0.3 is 0 Å². The molecule has 31 heavy (non-hydrogen) atoms. The van der Waals surface area contributed by atoms with Gasteiger partial charge in [-0.2, -0.15) is 0 Å². The number of aliphatic hydroxyl groups excluding tert-OH is 1. The van der Waals surface area contributed by atoms with Crippen LogP contribution in [0.1, 0.15) is 5.82 Å². The van der Waals surface area contributed by atoms with Crippen LogP contribution in [0.25, 0.3) is 11.0 Å². The lowest BCUT2D eigenvalue weighted by Gasteiger charge is -2.16. The first-order valence-electron chi connectivity index (χ1n) is 9.80. The van der Waals surface area contributed by atoms with Gasteiger partial charge in [0.15, 0.2) is 0 Å². The van der Waals surface area contributed by atoms with Crippen molar-refractivity contribution in [1.82, 2.24) is 9.55 Å². The maximum absolute atomic E-state index is 10.6. The lowest BCUT2D eigenvalue weighted by Crippen LogP contribution is -2.25. The average molecular weight is 441 g/mol. The number of para-hydroxylation sites is 3. The Bertz CT molecular complexity index is 1080. The Morgan fingerprint density at radius 1 is 0.839 bits per heavy atom. The Hall–Kier alpha value is -3.22. The van der Waals surface area contributed by atoms with Gasteiger partial charge in [-0.15, -0.1) is 12.4 Å². The molecular formula is C24H25ClN2O4. The summed E-state index contributed by atoms with van der Waals surface area (Å²) in [6, 6.07) is 24.8. The standard InChI is InChI=1S/C24H24N2O4.ClH/c1-28-19-11-13-21(14-12-19)29-16-18(27)15-26-23-10-6-5-9-22(23)25-24(26)17-30-20-7-3-2-4-8-20;/h2-14,18,27H,15-17H2,1H3;1H. The van der Waals surface area contributed by atoms with E-state index in [1.165, 1.54) is 0 Å². The normalized spacial score (nSPS) is 11.5. The largest absolute Gasteiger partial charge is 0.497 e. The minimum Gasteiger partial charge on any atom is -0.497 e. The summed E-state index contributed by atoms with van der Waals surface area (Å²) in [6.07, 6.45) is -0.708. The molecule has 0 aliphatic carbocycles. The lowest BCUT2D eigenvalue weighted by molar-refractivity contribution is 0.0917. The van der Waals surface area contributed by atoms with Crippen LogP contribution in [0.3, 0.4) is 0 Å². The molecule has 0 fully saturated rings. The van der Waals surface area contributed by atoms with Gasteiger partial charge < -0.3 is 23.9 Å². The van der Waals surface area contributed by atoms with Crippen LogP contribution < -0.4 is 14.2 Å². The number of rotatable bonds is 9. The van der Waals surface area contributed by atoms with Crippen molar-refractivity contribution in [2.75, 3.05) is 13.7 Å². The summed E-state index contributed by atoms with van der Waals surface area (Å²) in [6.45, 7) is 0.826. The van der Waals surface area contributed by atoms with Crippen LogP contribution in [-0.2, 0) is 13.2 Å². The van der Waals surface area contributed by atoms with Crippen LogP contribution >= 0.6 is 12.4 Å². The molecule has 1 unspecified atom stereocenters. The molecule has 0 bridgehead atoms. The van der Waals surface area contributed by atoms with Gasteiger partial charge in [0.2, 0.25) is 0 Å². The Morgan fingerprint density at radius 2 is 1.48 bits per heavy atom. The second kappa shape index (κ2) is 10.7. The van der Waals surface area contributed by atoms with Crippen LogP contribution in [0.4, 0.5) is 0 Å². The minimum atomic E-state index is -0.708. The number of methoxy groups -OCH3 is 1. The van der Waals surface area contributed by atoms with Gasteiger partial charge in [0.05, 0.1) is 24.7 Å². The number of ether oxygens (including phenoxy) is 3. The molecule has 1 N–H and O–H groups in total. The van der Waals surface area contributed by atoms with Gasteiger partial charge in [-0.05, 0) is 48.5 Å². The van der Waals surface area contributed by atoms with Crippen molar-refractivity contribution in [3.05, 3.63) is 84.7 Å². The van der Waals surface area contributed by atoms with Crippen LogP contribution in [0.15, 0.2) is 78.9 Å². The first kappa shape index (κ1) is 22.5. The molecule has 0 saturated carbocycles. The lowest BCUT2D eigenvalue weighted by atomic mass is 10.3. The molecule has 3 aromatic carbocycles. The highest BCUT2D eigenvalue weighted by molar-refractivity contribution is 5.85. The molecule has 1 aromatic heterocycles. The fraction of sp³-hybridized carbons (Fsp3) is 0.208. The van der Waals surface area contributed by atoms with E-state index in [1.54, 1.807) is 7.11 Å². The number of hydrogen-bond donors (Lipinski definition) is 1. The molecule has 1 atom stereocenters. The van der Waals surface area contributed by atoms with Crippen molar-refractivity contribution in [3.8, 4) is 17.2 Å². The van der Waals surface area contributed by atoms with Crippen molar-refractivity contribution in [2.24, 2.45) is 0 Å². The van der Waals surface area contributed by atoms with Crippen molar-refractivity contribution in [1.29, 1.82) is 0 Å². The zero-order valence-corrected chi connectivity index (χ0v) is 18.0. The molecule has 0 aliphatic rings. The topological polar surface area (TPSA) is 65.7 Å². The van der Waals surface area contributed by atoms with E-state index in [4.69, 9.17) is 19.2 Å². The Balaban J connectivity index is 0.00000272. The number of fused-ring (bicyclic) bond motifs is 1. The molecule has 0 saturated heterocycles. The summed E-state index contributed by atoms with van der Waals surface area (Å²) in [5.74, 6) is 2.97. The number of halogens is 1. The molecule has 0 spiro atoms. The fourth-order valence-corrected chi connectivity index (χ4v) is 3.23.